The first-order chi connectivity index (χ1) is 8.83. The third kappa shape index (κ3) is 3.01. The summed E-state index contributed by atoms with van der Waals surface area (Å²) in [6.45, 7) is 2.16. The van der Waals surface area contributed by atoms with Crippen molar-refractivity contribution >= 4 is 17.5 Å². The molecule has 4 heteroatoms. The minimum absolute atomic E-state index is 0.0177. The molecule has 18 heavy (non-hydrogen) atoms. The van der Waals surface area contributed by atoms with Gasteiger partial charge < -0.3 is 0 Å². The van der Waals surface area contributed by atoms with Crippen LogP contribution in [0.5, 0.6) is 0 Å². The summed E-state index contributed by atoms with van der Waals surface area (Å²) in [5.74, 6) is -0.0177. The van der Waals surface area contributed by atoms with Gasteiger partial charge in [-0.1, -0.05) is 50.1 Å². The van der Waals surface area contributed by atoms with Crippen molar-refractivity contribution in [2.75, 3.05) is 0 Å². The first kappa shape index (κ1) is 12.9. The normalized spacial score (nSPS) is 10.5. The van der Waals surface area contributed by atoms with E-state index in [4.69, 9.17) is 0 Å². The van der Waals surface area contributed by atoms with Gasteiger partial charge in [0.15, 0.2) is 0 Å². The van der Waals surface area contributed by atoms with Crippen LogP contribution in [-0.4, -0.2) is 14.5 Å². The van der Waals surface area contributed by atoms with Gasteiger partial charge in [-0.25, -0.2) is 0 Å². The fourth-order valence-corrected chi connectivity index (χ4v) is 2.40. The van der Waals surface area contributed by atoms with Crippen molar-refractivity contribution in [2.45, 2.75) is 32.6 Å². The monoisotopic (exact) mass is 260 g/mol. The maximum atomic E-state index is 12.3. The van der Waals surface area contributed by atoms with Crippen LogP contribution in [0, 0.1) is 0 Å². The zero-order valence-corrected chi connectivity index (χ0v) is 11.2. The van der Waals surface area contributed by atoms with E-state index < -0.39 is 0 Å². The highest BCUT2D eigenvalue weighted by Gasteiger charge is 2.17. The summed E-state index contributed by atoms with van der Waals surface area (Å²) in [5.41, 5.74) is 2.06. The Balaban J connectivity index is 2.14. The molecule has 0 spiro atoms. The molecule has 0 unspecified atom stereocenters. The van der Waals surface area contributed by atoms with Crippen LogP contribution < -0.4 is 0 Å². The third-order valence-electron chi connectivity index (χ3n) is 2.82. The summed E-state index contributed by atoms with van der Waals surface area (Å²) >= 11 is 1.13. The molecule has 2 rings (SSSR count). The molecule has 0 aliphatic heterocycles. The standard InChI is InChI=1S/C14H16N2OS/c1-2-3-5-10-12-13(16-18-15-12)14(17)11-8-6-4-7-9-11/h4,6-9H,2-3,5,10H2,1H3. The highest BCUT2D eigenvalue weighted by molar-refractivity contribution is 6.99. The van der Waals surface area contributed by atoms with E-state index in [1.54, 1.807) is 0 Å². The first-order valence-corrected chi connectivity index (χ1v) is 6.97. The van der Waals surface area contributed by atoms with Crippen LogP contribution in [0.3, 0.4) is 0 Å². The van der Waals surface area contributed by atoms with Crippen LogP contribution in [0.25, 0.3) is 0 Å². The number of hydrogen-bond donors (Lipinski definition) is 0. The number of unbranched alkanes of at least 4 members (excludes halogenated alkanes) is 2. The highest BCUT2D eigenvalue weighted by Crippen LogP contribution is 2.15. The molecule has 1 aromatic carbocycles. The second-order valence-corrected chi connectivity index (χ2v) is 4.74. The van der Waals surface area contributed by atoms with Crippen molar-refractivity contribution in [3.05, 3.63) is 47.3 Å². The minimum atomic E-state index is -0.0177. The van der Waals surface area contributed by atoms with Crippen molar-refractivity contribution in [1.29, 1.82) is 0 Å². The molecule has 3 nitrogen and oxygen atoms in total. The van der Waals surface area contributed by atoms with Gasteiger partial charge in [-0.2, -0.15) is 8.75 Å². The van der Waals surface area contributed by atoms with E-state index in [0.717, 1.165) is 36.7 Å². The summed E-state index contributed by atoms with van der Waals surface area (Å²) in [6, 6.07) is 9.26. The lowest BCUT2D eigenvalue weighted by Gasteiger charge is -2.00. The zero-order chi connectivity index (χ0) is 12.8. The van der Waals surface area contributed by atoms with Gasteiger partial charge in [-0.3, -0.25) is 4.79 Å². The van der Waals surface area contributed by atoms with Crippen molar-refractivity contribution in [2.24, 2.45) is 0 Å². The van der Waals surface area contributed by atoms with Gasteiger partial charge in [0.2, 0.25) is 5.78 Å². The van der Waals surface area contributed by atoms with Crippen LogP contribution in [-0.2, 0) is 6.42 Å². The number of hydrogen-bond acceptors (Lipinski definition) is 4. The quantitative estimate of drug-likeness (QED) is 0.589. The Morgan fingerprint density at radius 1 is 1.17 bits per heavy atom. The topological polar surface area (TPSA) is 42.9 Å². The molecule has 0 radical (unpaired) electrons. The molecule has 0 bridgehead atoms. The van der Waals surface area contributed by atoms with E-state index >= 15 is 0 Å². The van der Waals surface area contributed by atoms with Crippen LogP contribution in [0.15, 0.2) is 30.3 Å². The molecule has 0 fully saturated rings. The van der Waals surface area contributed by atoms with Gasteiger partial charge in [-0.05, 0) is 12.8 Å². The van der Waals surface area contributed by atoms with E-state index in [2.05, 4.69) is 15.7 Å². The van der Waals surface area contributed by atoms with Crippen LogP contribution in [0.4, 0.5) is 0 Å². The van der Waals surface area contributed by atoms with E-state index in [1.807, 2.05) is 30.3 Å². The summed E-state index contributed by atoms with van der Waals surface area (Å²) in [7, 11) is 0. The van der Waals surface area contributed by atoms with Crippen molar-refractivity contribution in [3.8, 4) is 0 Å². The maximum Gasteiger partial charge on any atom is 0.214 e. The lowest BCUT2D eigenvalue weighted by Crippen LogP contribution is -2.05. The summed E-state index contributed by atoms with van der Waals surface area (Å²) in [5, 5.41) is 0. The smallest absolute Gasteiger partial charge is 0.214 e. The second kappa shape index (κ2) is 6.40. The molecule has 1 aromatic heterocycles. The fraction of sp³-hybridized carbons (Fsp3) is 0.357. The van der Waals surface area contributed by atoms with Crippen LogP contribution >= 0.6 is 11.7 Å². The molecule has 0 saturated carbocycles. The lowest BCUT2D eigenvalue weighted by molar-refractivity contribution is 0.103. The number of carbonyl (C=O) groups is 1. The van der Waals surface area contributed by atoms with Gasteiger partial charge >= 0.3 is 0 Å². The van der Waals surface area contributed by atoms with E-state index in [1.165, 1.54) is 6.42 Å². The molecule has 2 aromatic rings. The lowest BCUT2D eigenvalue weighted by atomic mass is 10.0. The van der Waals surface area contributed by atoms with E-state index in [0.29, 0.717) is 11.3 Å². The summed E-state index contributed by atoms with van der Waals surface area (Å²) in [6.07, 6.45) is 4.24. The van der Waals surface area contributed by atoms with Gasteiger partial charge in [0.1, 0.15) is 5.69 Å². The molecule has 0 saturated heterocycles. The molecule has 0 atom stereocenters. The first-order valence-electron chi connectivity index (χ1n) is 6.24. The number of carbonyl (C=O) groups excluding carboxylic acids is 1. The molecule has 0 aliphatic carbocycles. The SMILES string of the molecule is CCCCCc1nsnc1C(=O)c1ccccc1. The average Bonchev–Trinajstić information content (AvgIpc) is 2.88. The minimum Gasteiger partial charge on any atom is -0.287 e. The summed E-state index contributed by atoms with van der Waals surface area (Å²) in [4.78, 5) is 12.3. The Bertz CT molecular complexity index is 508. The highest BCUT2D eigenvalue weighted by atomic mass is 32.1. The van der Waals surface area contributed by atoms with Crippen molar-refractivity contribution in [1.82, 2.24) is 8.75 Å². The molecule has 0 aliphatic rings. The van der Waals surface area contributed by atoms with Crippen LogP contribution in [0.2, 0.25) is 0 Å². The predicted molar refractivity (Wildman–Crippen MR) is 73.0 cm³/mol. The number of aromatic nitrogens is 2. The van der Waals surface area contributed by atoms with Gasteiger partial charge in [0.25, 0.3) is 0 Å². The third-order valence-corrected chi connectivity index (χ3v) is 3.39. The van der Waals surface area contributed by atoms with Crippen molar-refractivity contribution < 1.29 is 4.79 Å². The average molecular weight is 260 g/mol. The number of aryl methyl sites for hydroxylation is 1. The summed E-state index contributed by atoms with van der Waals surface area (Å²) < 4.78 is 8.40. The van der Waals surface area contributed by atoms with Gasteiger partial charge in [0.05, 0.1) is 17.4 Å². The van der Waals surface area contributed by atoms with Gasteiger partial charge in [-0.15, -0.1) is 0 Å². The molecular formula is C14H16N2OS. The largest absolute Gasteiger partial charge is 0.287 e. The number of rotatable bonds is 6. The Morgan fingerprint density at radius 3 is 2.67 bits per heavy atom. The van der Waals surface area contributed by atoms with Crippen LogP contribution in [0.1, 0.15) is 47.9 Å². The molecule has 0 amide bonds. The Labute approximate surface area is 111 Å². The fourth-order valence-electron chi connectivity index (χ4n) is 1.81. The zero-order valence-electron chi connectivity index (χ0n) is 10.4. The molecule has 0 N–H and O–H groups in total. The maximum absolute atomic E-state index is 12.3. The number of nitrogens with zero attached hydrogens (tertiary/aromatic N) is 2. The number of ketones is 1. The molecule has 1 heterocycles. The van der Waals surface area contributed by atoms with E-state index in [-0.39, 0.29) is 5.78 Å². The van der Waals surface area contributed by atoms with Gasteiger partial charge in [0, 0.05) is 5.56 Å². The Kier molecular flexibility index (Phi) is 4.59. The molecular weight excluding hydrogens is 244 g/mol. The Hall–Kier alpha value is -1.55. The predicted octanol–water partition coefficient (Wildman–Crippen LogP) is 3.50. The second-order valence-electron chi connectivity index (χ2n) is 4.21. The Morgan fingerprint density at radius 2 is 1.94 bits per heavy atom. The number of benzene rings is 1. The van der Waals surface area contributed by atoms with E-state index in [9.17, 15) is 4.79 Å². The molecule has 94 valence electrons. The van der Waals surface area contributed by atoms with Crippen molar-refractivity contribution in [3.63, 3.8) is 0 Å².